The van der Waals surface area contributed by atoms with Gasteiger partial charge in [-0.2, -0.15) is 5.10 Å². The summed E-state index contributed by atoms with van der Waals surface area (Å²) < 4.78 is 13.1. The van der Waals surface area contributed by atoms with E-state index >= 15 is 0 Å². The summed E-state index contributed by atoms with van der Waals surface area (Å²) in [4.78, 5) is 12.2. The average molecular weight is 261 g/mol. The van der Waals surface area contributed by atoms with Crippen molar-refractivity contribution in [1.82, 2.24) is 10.2 Å². The van der Waals surface area contributed by atoms with E-state index in [1.807, 2.05) is 13.8 Å². The highest BCUT2D eigenvalue weighted by molar-refractivity contribution is 5.96. The summed E-state index contributed by atoms with van der Waals surface area (Å²) in [6.07, 6.45) is 0. The van der Waals surface area contributed by atoms with Gasteiger partial charge in [0.05, 0.1) is 23.0 Å². The third-order valence-electron chi connectivity index (χ3n) is 3.12. The quantitative estimate of drug-likeness (QED) is 0.892. The predicted molar refractivity (Wildman–Crippen MR) is 71.5 cm³/mol. The molecule has 0 radical (unpaired) electrons. The number of carbonyl (C=O) groups is 1. The highest BCUT2D eigenvalue weighted by Crippen LogP contribution is 2.21. The Bertz CT molecular complexity index is 587. The molecule has 2 rings (SSSR count). The van der Waals surface area contributed by atoms with Gasteiger partial charge in [-0.25, -0.2) is 4.39 Å². The molecule has 0 aliphatic heterocycles. The molecular weight excluding hydrogens is 245 g/mol. The molecule has 0 spiro atoms. The van der Waals surface area contributed by atoms with Gasteiger partial charge >= 0.3 is 0 Å². The number of rotatable bonds is 3. The Hall–Kier alpha value is -2.17. The van der Waals surface area contributed by atoms with Crippen LogP contribution in [0.3, 0.4) is 0 Å². The van der Waals surface area contributed by atoms with Gasteiger partial charge in [-0.05, 0) is 38.5 Å². The van der Waals surface area contributed by atoms with Gasteiger partial charge in [-0.15, -0.1) is 0 Å². The van der Waals surface area contributed by atoms with Gasteiger partial charge in [-0.3, -0.25) is 9.89 Å². The Morgan fingerprint density at radius 1 is 1.42 bits per heavy atom. The first kappa shape index (κ1) is 13.3. The van der Waals surface area contributed by atoms with Gasteiger partial charge in [0.1, 0.15) is 5.82 Å². The van der Waals surface area contributed by atoms with E-state index in [-0.39, 0.29) is 11.7 Å². The zero-order chi connectivity index (χ0) is 14.0. The number of nitrogens with zero attached hydrogens (tertiary/aromatic N) is 1. The van der Waals surface area contributed by atoms with Crippen molar-refractivity contribution in [2.75, 3.05) is 5.32 Å². The highest BCUT2D eigenvalue weighted by Gasteiger charge is 2.18. The van der Waals surface area contributed by atoms with Crippen LogP contribution in [0.1, 0.15) is 29.8 Å². The van der Waals surface area contributed by atoms with Crippen LogP contribution in [0.15, 0.2) is 24.3 Å². The molecule has 1 amide bonds. The van der Waals surface area contributed by atoms with Crippen LogP contribution in [0.4, 0.5) is 10.1 Å². The number of benzene rings is 1. The molecular formula is C14H16FN3O. The summed E-state index contributed by atoms with van der Waals surface area (Å²) in [5.41, 5.74) is 2.87. The van der Waals surface area contributed by atoms with E-state index < -0.39 is 5.92 Å². The van der Waals surface area contributed by atoms with E-state index in [0.29, 0.717) is 11.3 Å². The van der Waals surface area contributed by atoms with Crippen molar-refractivity contribution in [3.05, 3.63) is 47.0 Å². The highest BCUT2D eigenvalue weighted by atomic mass is 19.1. The Morgan fingerprint density at radius 3 is 2.74 bits per heavy atom. The van der Waals surface area contributed by atoms with Gasteiger partial charge < -0.3 is 5.32 Å². The number of aromatic amines is 1. The Kier molecular flexibility index (Phi) is 3.64. The van der Waals surface area contributed by atoms with E-state index in [0.717, 1.165) is 11.4 Å². The number of hydrogen-bond donors (Lipinski definition) is 2. The maximum absolute atomic E-state index is 13.1. The Balaban J connectivity index is 2.16. The van der Waals surface area contributed by atoms with Crippen LogP contribution in [0, 0.1) is 19.7 Å². The van der Waals surface area contributed by atoms with Crippen LogP contribution < -0.4 is 5.32 Å². The number of aromatic nitrogens is 2. The fourth-order valence-corrected chi connectivity index (χ4v) is 1.89. The number of hydrogen-bond acceptors (Lipinski definition) is 2. The van der Waals surface area contributed by atoms with Gasteiger partial charge in [-0.1, -0.05) is 12.1 Å². The molecule has 2 N–H and O–H groups in total. The molecule has 100 valence electrons. The molecule has 1 atom stereocenters. The van der Waals surface area contributed by atoms with E-state index in [1.54, 1.807) is 19.1 Å². The molecule has 1 heterocycles. The third-order valence-corrected chi connectivity index (χ3v) is 3.12. The number of aryl methyl sites for hydroxylation is 2. The average Bonchev–Trinajstić information content (AvgIpc) is 2.69. The monoisotopic (exact) mass is 261 g/mol. The Labute approximate surface area is 111 Å². The van der Waals surface area contributed by atoms with Crippen LogP contribution in [0.2, 0.25) is 0 Å². The first-order valence-corrected chi connectivity index (χ1v) is 6.07. The van der Waals surface area contributed by atoms with Gasteiger partial charge in [0.2, 0.25) is 5.91 Å². The van der Waals surface area contributed by atoms with Crippen molar-refractivity contribution in [2.24, 2.45) is 0 Å². The summed E-state index contributed by atoms with van der Waals surface area (Å²) in [7, 11) is 0. The standard InChI is InChI=1S/C14H16FN3O/c1-8(11-5-4-6-12(15)7-11)14(19)16-13-9(2)17-18-10(13)3/h4-8H,1-3H3,(H,16,19)(H,17,18). The summed E-state index contributed by atoms with van der Waals surface area (Å²) in [5, 5.41) is 9.64. The van der Waals surface area contributed by atoms with E-state index in [9.17, 15) is 9.18 Å². The Morgan fingerprint density at radius 2 is 2.16 bits per heavy atom. The third kappa shape index (κ3) is 2.81. The minimum Gasteiger partial charge on any atom is -0.322 e. The summed E-state index contributed by atoms with van der Waals surface area (Å²) >= 11 is 0. The minimum atomic E-state index is -0.426. The zero-order valence-electron chi connectivity index (χ0n) is 11.1. The lowest BCUT2D eigenvalue weighted by atomic mass is 10.00. The molecule has 1 aromatic carbocycles. The normalized spacial score (nSPS) is 12.2. The molecule has 4 nitrogen and oxygen atoms in total. The topological polar surface area (TPSA) is 57.8 Å². The maximum Gasteiger partial charge on any atom is 0.231 e. The lowest BCUT2D eigenvalue weighted by Gasteiger charge is -2.12. The smallest absolute Gasteiger partial charge is 0.231 e. The number of amides is 1. The fraction of sp³-hybridized carbons (Fsp3) is 0.286. The fourth-order valence-electron chi connectivity index (χ4n) is 1.89. The number of anilines is 1. The van der Waals surface area contributed by atoms with Gasteiger partial charge in [0, 0.05) is 0 Å². The lowest BCUT2D eigenvalue weighted by Crippen LogP contribution is -2.19. The molecule has 0 aliphatic carbocycles. The number of halogens is 1. The molecule has 0 bridgehead atoms. The first-order valence-electron chi connectivity index (χ1n) is 6.07. The molecule has 19 heavy (non-hydrogen) atoms. The molecule has 0 aliphatic rings. The van der Waals surface area contributed by atoms with Crippen LogP contribution in [0.25, 0.3) is 0 Å². The molecule has 0 fully saturated rings. The van der Waals surface area contributed by atoms with Crippen LogP contribution >= 0.6 is 0 Å². The van der Waals surface area contributed by atoms with Gasteiger partial charge in [0.15, 0.2) is 0 Å². The van der Waals surface area contributed by atoms with Crippen LogP contribution in [-0.2, 0) is 4.79 Å². The zero-order valence-corrected chi connectivity index (χ0v) is 11.1. The van der Waals surface area contributed by atoms with Crippen molar-refractivity contribution < 1.29 is 9.18 Å². The van der Waals surface area contributed by atoms with E-state index in [2.05, 4.69) is 15.5 Å². The van der Waals surface area contributed by atoms with Crippen molar-refractivity contribution in [1.29, 1.82) is 0 Å². The maximum atomic E-state index is 13.1. The predicted octanol–water partition coefficient (Wildman–Crippen LogP) is 2.91. The molecule has 5 heteroatoms. The summed E-state index contributed by atoms with van der Waals surface area (Å²) in [6.45, 7) is 5.39. The van der Waals surface area contributed by atoms with E-state index in [4.69, 9.17) is 0 Å². The molecule has 0 saturated carbocycles. The first-order chi connectivity index (χ1) is 8.99. The number of nitrogens with one attached hydrogen (secondary N) is 2. The summed E-state index contributed by atoms with van der Waals surface area (Å²) in [5.74, 6) is -0.949. The second kappa shape index (κ2) is 5.22. The molecule has 0 saturated heterocycles. The second-order valence-electron chi connectivity index (χ2n) is 4.57. The second-order valence-corrected chi connectivity index (χ2v) is 4.57. The van der Waals surface area contributed by atoms with Crippen molar-refractivity contribution in [3.63, 3.8) is 0 Å². The van der Waals surface area contributed by atoms with Crippen molar-refractivity contribution in [2.45, 2.75) is 26.7 Å². The van der Waals surface area contributed by atoms with Crippen molar-refractivity contribution >= 4 is 11.6 Å². The summed E-state index contributed by atoms with van der Waals surface area (Å²) in [6, 6.07) is 6.07. The molecule has 2 aromatic rings. The molecule has 1 aromatic heterocycles. The van der Waals surface area contributed by atoms with Crippen LogP contribution in [0.5, 0.6) is 0 Å². The lowest BCUT2D eigenvalue weighted by molar-refractivity contribution is -0.117. The largest absolute Gasteiger partial charge is 0.322 e. The van der Waals surface area contributed by atoms with Crippen molar-refractivity contribution in [3.8, 4) is 0 Å². The molecule has 1 unspecified atom stereocenters. The van der Waals surface area contributed by atoms with Crippen LogP contribution in [-0.4, -0.2) is 16.1 Å². The minimum absolute atomic E-state index is 0.182. The number of carbonyl (C=O) groups excluding carboxylic acids is 1. The van der Waals surface area contributed by atoms with E-state index in [1.165, 1.54) is 12.1 Å². The van der Waals surface area contributed by atoms with Gasteiger partial charge in [0.25, 0.3) is 0 Å². The number of H-pyrrole nitrogens is 1. The SMILES string of the molecule is Cc1n[nH]c(C)c1NC(=O)C(C)c1cccc(F)c1.